The Kier molecular flexibility index (Phi) is 4.78. The number of halogens is 1. The second kappa shape index (κ2) is 6.34. The maximum atomic E-state index is 11.9. The molecule has 0 aromatic heterocycles. The maximum absolute atomic E-state index is 11.9. The van der Waals surface area contributed by atoms with Crippen molar-refractivity contribution in [3.8, 4) is 0 Å². The van der Waals surface area contributed by atoms with Crippen LogP contribution in [0.5, 0.6) is 0 Å². The highest BCUT2D eigenvalue weighted by Gasteiger charge is 2.18. The molecule has 1 heterocycles. The molecule has 4 heteroatoms. The fourth-order valence-corrected chi connectivity index (χ4v) is 2.52. The van der Waals surface area contributed by atoms with E-state index >= 15 is 0 Å². The first kappa shape index (κ1) is 13.6. The fourth-order valence-electron chi connectivity index (χ4n) is 2.25. The van der Waals surface area contributed by atoms with Crippen LogP contribution in [-0.2, 0) is 4.79 Å². The van der Waals surface area contributed by atoms with Crippen LogP contribution in [0.25, 0.3) is 0 Å². The van der Waals surface area contributed by atoms with Crippen LogP contribution in [0, 0.1) is 0 Å². The van der Waals surface area contributed by atoms with E-state index in [1.807, 2.05) is 12.1 Å². The third kappa shape index (κ3) is 3.82. The zero-order valence-electron chi connectivity index (χ0n) is 10.6. The molecule has 0 aliphatic carbocycles. The maximum Gasteiger partial charge on any atom is 0.220 e. The van der Waals surface area contributed by atoms with E-state index in [1.165, 1.54) is 5.56 Å². The zero-order valence-corrected chi connectivity index (χ0v) is 12.2. The van der Waals surface area contributed by atoms with Gasteiger partial charge in [0.1, 0.15) is 0 Å². The summed E-state index contributed by atoms with van der Waals surface area (Å²) in [5.41, 5.74) is 1.21. The van der Waals surface area contributed by atoms with E-state index in [0.29, 0.717) is 12.5 Å². The molecule has 0 radical (unpaired) electrons. The van der Waals surface area contributed by atoms with Gasteiger partial charge in [-0.2, -0.15) is 0 Å². The number of carbonyl (C=O) groups is 1. The monoisotopic (exact) mass is 310 g/mol. The second-order valence-corrected chi connectivity index (χ2v) is 5.83. The van der Waals surface area contributed by atoms with Gasteiger partial charge in [-0.1, -0.05) is 35.0 Å². The highest BCUT2D eigenvalue weighted by molar-refractivity contribution is 9.10. The highest BCUT2D eigenvalue weighted by Crippen LogP contribution is 2.21. The Bertz CT molecular complexity index is 399. The number of hydrogen-bond acceptors (Lipinski definition) is 2. The first-order chi connectivity index (χ1) is 8.65. The van der Waals surface area contributed by atoms with Crippen molar-refractivity contribution in [1.82, 2.24) is 10.6 Å². The predicted molar refractivity (Wildman–Crippen MR) is 76.6 cm³/mol. The topological polar surface area (TPSA) is 41.1 Å². The Hall–Kier alpha value is -0.870. The van der Waals surface area contributed by atoms with Crippen LogP contribution in [0.2, 0.25) is 0 Å². The first-order valence-electron chi connectivity index (χ1n) is 6.40. The van der Waals surface area contributed by atoms with Crippen molar-refractivity contribution in [2.45, 2.75) is 31.7 Å². The van der Waals surface area contributed by atoms with Crippen LogP contribution in [-0.4, -0.2) is 25.0 Å². The highest BCUT2D eigenvalue weighted by atomic mass is 79.9. The molecule has 1 unspecified atom stereocenters. The molecule has 18 heavy (non-hydrogen) atoms. The molecule has 1 fully saturated rings. The van der Waals surface area contributed by atoms with Crippen LogP contribution in [0.3, 0.4) is 0 Å². The van der Waals surface area contributed by atoms with Crippen LogP contribution in [0.15, 0.2) is 28.7 Å². The zero-order chi connectivity index (χ0) is 13.0. The fraction of sp³-hybridized carbons (Fsp3) is 0.500. The van der Waals surface area contributed by atoms with Crippen molar-refractivity contribution < 1.29 is 4.79 Å². The number of amides is 1. The smallest absolute Gasteiger partial charge is 0.220 e. The van der Waals surface area contributed by atoms with E-state index in [0.717, 1.165) is 24.0 Å². The molecular formula is C14H19BrN2O. The van der Waals surface area contributed by atoms with Gasteiger partial charge in [0, 0.05) is 23.5 Å². The van der Waals surface area contributed by atoms with Gasteiger partial charge in [0.05, 0.1) is 0 Å². The van der Waals surface area contributed by atoms with Gasteiger partial charge in [-0.25, -0.2) is 0 Å². The van der Waals surface area contributed by atoms with Gasteiger partial charge in [-0.3, -0.25) is 4.79 Å². The van der Waals surface area contributed by atoms with E-state index < -0.39 is 0 Å². The third-order valence-electron chi connectivity index (χ3n) is 3.36. The average Bonchev–Trinajstić information content (AvgIpc) is 2.82. The second-order valence-electron chi connectivity index (χ2n) is 4.91. The first-order valence-corrected chi connectivity index (χ1v) is 7.20. The van der Waals surface area contributed by atoms with Crippen molar-refractivity contribution in [3.05, 3.63) is 34.3 Å². The molecule has 1 aliphatic heterocycles. The minimum atomic E-state index is 0.152. The molecule has 3 nitrogen and oxygen atoms in total. The summed E-state index contributed by atoms with van der Waals surface area (Å²) < 4.78 is 1.07. The van der Waals surface area contributed by atoms with Gasteiger partial charge in [0.2, 0.25) is 5.91 Å². The van der Waals surface area contributed by atoms with Crippen molar-refractivity contribution in [2.24, 2.45) is 0 Å². The van der Waals surface area contributed by atoms with Gasteiger partial charge in [-0.05, 0) is 36.6 Å². The Labute approximate surface area is 116 Å². The molecule has 98 valence electrons. The summed E-state index contributed by atoms with van der Waals surface area (Å²) in [6, 6.07) is 8.49. The lowest BCUT2D eigenvalue weighted by Crippen LogP contribution is -2.36. The largest absolute Gasteiger partial charge is 0.352 e. The minimum absolute atomic E-state index is 0.152. The standard InChI is InChI=1S/C14H19BrN2O/c1-10(11-2-4-12(15)5-3-11)8-14(18)17-13-6-7-16-9-13/h2-5,10,13,16H,6-9H2,1H3,(H,17,18)/t10?,13-/m1/s1. The molecule has 2 rings (SSSR count). The lowest BCUT2D eigenvalue weighted by atomic mass is 9.97. The Morgan fingerprint density at radius 3 is 2.83 bits per heavy atom. The van der Waals surface area contributed by atoms with Gasteiger partial charge in [0.25, 0.3) is 0 Å². The van der Waals surface area contributed by atoms with E-state index in [1.54, 1.807) is 0 Å². The summed E-state index contributed by atoms with van der Waals surface area (Å²) in [7, 11) is 0. The van der Waals surface area contributed by atoms with Crippen LogP contribution in [0.1, 0.15) is 31.2 Å². The number of rotatable bonds is 4. The molecule has 1 aromatic carbocycles. The lowest BCUT2D eigenvalue weighted by Gasteiger charge is -2.15. The summed E-state index contributed by atoms with van der Waals surface area (Å²) in [6.45, 7) is 4.00. The summed E-state index contributed by atoms with van der Waals surface area (Å²) >= 11 is 3.42. The van der Waals surface area contributed by atoms with Crippen LogP contribution >= 0.6 is 15.9 Å². The molecule has 1 aliphatic rings. The average molecular weight is 311 g/mol. The number of carbonyl (C=O) groups excluding carboxylic acids is 1. The molecule has 1 saturated heterocycles. The molecule has 0 spiro atoms. The van der Waals surface area contributed by atoms with Crippen LogP contribution < -0.4 is 10.6 Å². The van der Waals surface area contributed by atoms with Crippen molar-refractivity contribution in [3.63, 3.8) is 0 Å². The molecular weight excluding hydrogens is 292 g/mol. The van der Waals surface area contributed by atoms with Crippen molar-refractivity contribution >= 4 is 21.8 Å². The Balaban J connectivity index is 1.84. The van der Waals surface area contributed by atoms with Crippen LogP contribution in [0.4, 0.5) is 0 Å². The lowest BCUT2D eigenvalue weighted by molar-refractivity contribution is -0.122. The van der Waals surface area contributed by atoms with Gasteiger partial charge in [0.15, 0.2) is 0 Å². The van der Waals surface area contributed by atoms with E-state index in [9.17, 15) is 4.79 Å². The van der Waals surface area contributed by atoms with Crippen molar-refractivity contribution in [2.75, 3.05) is 13.1 Å². The molecule has 0 saturated carbocycles. The summed E-state index contributed by atoms with van der Waals surface area (Å²) in [5.74, 6) is 0.409. The van der Waals surface area contributed by atoms with E-state index in [2.05, 4.69) is 45.6 Å². The predicted octanol–water partition coefficient (Wildman–Crippen LogP) is 2.42. The molecule has 2 N–H and O–H groups in total. The summed E-state index contributed by atoms with van der Waals surface area (Å²) in [5, 5.41) is 6.33. The minimum Gasteiger partial charge on any atom is -0.352 e. The van der Waals surface area contributed by atoms with E-state index in [4.69, 9.17) is 0 Å². The summed E-state index contributed by atoms with van der Waals surface area (Å²) in [6.07, 6.45) is 1.59. The van der Waals surface area contributed by atoms with Gasteiger partial charge in [-0.15, -0.1) is 0 Å². The number of hydrogen-bond donors (Lipinski definition) is 2. The third-order valence-corrected chi connectivity index (χ3v) is 3.88. The molecule has 1 aromatic rings. The van der Waals surface area contributed by atoms with Gasteiger partial charge < -0.3 is 10.6 Å². The Morgan fingerprint density at radius 2 is 2.22 bits per heavy atom. The molecule has 1 amide bonds. The molecule has 0 bridgehead atoms. The number of benzene rings is 1. The Morgan fingerprint density at radius 1 is 1.50 bits per heavy atom. The van der Waals surface area contributed by atoms with E-state index in [-0.39, 0.29) is 11.8 Å². The summed E-state index contributed by atoms with van der Waals surface area (Å²) in [4.78, 5) is 11.9. The quantitative estimate of drug-likeness (QED) is 0.897. The van der Waals surface area contributed by atoms with Gasteiger partial charge >= 0.3 is 0 Å². The normalized spacial score (nSPS) is 20.7. The molecule has 2 atom stereocenters. The SMILES string of the molecule is CC(CC(=O)N[C@@H]1CCNC1)c1ccc(Br)cc1. The number of nitrogens with one attached hydrogen (secondary N) is 2. The van der Waals surface area contributed by atoms with Crippen molar-refractivity contribution in [1.29, 1.82) is 0 Å².